The number of rotatable bonds is 6. The molecule has 1 amide bonds. The van der Waals surface area contributed by atoms with E-state index in [0.29, 0.717) is 23.0 Å². The Balaban J connectivity index is 1.53. The van der Waals surface area contributed by atoms with E-state index >= 15 is 0 Å². The molecule has 128 valence electrons. The molecular formula is C18H15Cl2N3OS. The van der Waals surface area contributed by atoms with Crippen LogP contribution in [0, 0.1) is 0 Å². The van der Waals surface area contributed by atoms with Gasteiger partial charge in [-0.25, -0.2) is 4.98 Å². The van der Waals surface area contributed by atoms with Crippen molar-refractivity contribution in [3.63, 3.8) is 0 Å². The molecule has 4 nitrogen and oxygen atoms in total. The Bertz CT molecular complexity index is 888. The first kappa shape index (κ1) is 17.7. The summed E-state index contributed by atoms with van der Waals surface area (Å²) in [5.74, 6) is -0.178. The second kappa shape index (κ2) is 8.34. The zero-order chi connectivity index (χ0) is 17.6. The van der Waals surface area contributed by atoms with Crippen LogP contribution in [0.1, 0.15) is 11.3 Å². The van der Waals surface area contributed by atoms with E-state index < -0.39 is 0 Å². The van der Waals surface area contributed by atoms with Gasteiger partial charge in [-0.15, -0.1) is 11.3 Å². The molecule has 7 heteroatoms. The molecule has 3 aromatic rings. The molecule has 0 radical (unpaired) electrons. The lowest BCUT2D eigenvalue weighted by molar-refractivity contribution is -0.116. The van der Waals surface area contributed by atoms with E-state index in [0.717, 1.165) is 21.8 Å². The molecular weight excluding hydrogens is 377 g/mol. The van der Waals surface area contributed by atoms with Crippen molar-refractivity contribution in [2.75, 3.05) is 6.54 Å². The lowest BCUT2D eigenvalue weighted by atomic mass is 10.2. The molecule has 0 atom stereocenters. The molecule has 0 bridgehead atoms. The van der Waals surface area contributed by atoms with Gasteiger partial charge in [-0.1, -0.05) is 35.3 Å². The fourth-order valence-electron chi connectivity index (χ4n) is 2.31. The number of halogens is 2. The van der Waals surface area contributed by atoms with Crippen molar-refractivity contribution in [1.29, 1.82) is 0 Å². The highest BCUT2D eigenvalue weighted by Gasteiger charge is 2.09. The highest BCUT2D eigenvalue weighted by molar-refractivity contribution is 7.13. The van der Waals surface area contributed by atoms with Gasteiger partial charge < -0.3 is 10.3 Å². The van der Waals surface area contributed by atoms with E-state index in [4.69, 9.17) is 23.2 Å². The van der Waals surface area contributed by atoms with Crippen LogP contribution in [0.4, 0.5) is 0 Å². The highest BCUT2D eigenvalue weighted by atomic mass is 35.5. The fraction of sp³-hybridized carbons (Fsp3) is 0.111. The Hall–Kier alpha value is -2.08. The number of nitrogens with one attached hydrogen (secondary N) is 2. The number of carbonyl (C=O) groups is 1. The minimum Gasteiger partial charge on any atom is -0.352 e. The number of hydrogen-bond acceptors (Lipinski definition) is 3. The third-order valence-corrected chi connectivity index (χ3v) is 4.96. The summed E-state index contributed by atoms with van der Waals surface area (Å²) in [5, 5.41) is 5.94. The largest absolute Gasteiger partial charge is 0.352 e. The van der Waals surface area contributed by atoms with Crippen molar-refractivity contribution < 1.29 is 4.79 Å². The van der Waals surface area contributed by atoms with Gasteiger partial charge in [0, 0.05) is 34.8 Å². The summed E-state index contributed by atoms with van der Waals surface area (Å²) in [7, 11) is 0. The Morgan fingerprint density at radius 3 is 2.96 bits per heavy atom. The number of aromatic nitrogens is 2. The van der Waals surface area contributed by atoms with Crippen LogP contribution in [-0.4, -0.2) is 22.4 Å². The third kappa shape index (κ3) is 4.72. The summed E-state index contributed by atoms with van der Waals surface area (Å²) in [4.78, 5) is 20.5. The maximum absolute atomic E-state index is 11.9. The first-order valence-electron chi connectivity index (χ1n) is 7.60. The predicted octanol–water partition coefficient (Wildman–Crippen LogP) is 4.82. The number of thiophene rings is 1. The van der Waals surface area contributed by atoms with Crippen LogP contribution in [0.25, 0.3) is 16.6 Å². The van der Waals surface area contributed by atoms with Gasteiger partial charge in [0.05, 0.1) is 11.2 Å². The summed E-state index contributed by atoms with van der Waals surface area (Å²) >= 11 is 13.6. The zero-order valence-electron chi connectivity index (χ0n) is 13.1. The minimum atomic E-state index is -0.178. The average Bonchev–Trinajstić information content (AvgIpc) is 3.25. The Morgan fingerprint density at radius 2 is 2.20 bits per heavy atom. The molecule has 0 saturated heterocycles. The smallest absolute Gasteiger partial charge is 0.244 e. The van der Waals surface area contributed by atoms with Gasteiger partial charge in [0.1, 0.15) is 5.69 Å². The molecule has 0 unspecified atom stereocenters. The first-order chi connectivity index (χ1) is 12.1. The summed E-state index contributed by atoms with van der Waals surface area (Å²) < 4.78 is 0. The van der Waals surface area contributed by atoms with Crippen molar-refractivity contribution in [1.82, 2.24) is 15.3 Å². The van der Waals surface area contributed by atoms with Crippen molar-refractivity contribution in [3.05, 3.63) is 69.4 Å². The lowest BCUT2D eigenvalue weighted by Gasteiger charge is -2.03. The summed E-state index contributed by atoms with van der Waals surface area (Å²) in [6.45, 7) is 0.512. The SMILES string of the molecule is O=C(/C=C/c1ccc(Cl)cc1Cl)NCCc1[nH]cnc1-c1cccs1. The molecule has 3 rings (SSSR count). The highest BCUT2D eigenvalue weighted by Crippen LogP contribution is 2.25. The van der Waals surface area contributed by atoms with Crippen LogP contribution in [-0.2, 0) is 11.2 Å². The maximum Gasteiger partial charge on any atom is 0.244 e. The van der Waals surface area contributed by atoms with Gasteiger partial charge in [-0.2, -0.15) is 0 Å². The number of H-pyrrole nitrogens is 1. The van der Waals surface area contributed by atoms with E-state index in [1.54, 1.807) is 41.9 Å². The number of carbonyl (C=O) groups excluding carboxylic acids is 1. The molecule has 2 N–H and O–H groups in total. The quantitative estimate of drug-likeness (QED) is 0.591. The van der Waals surface area contributed by atoms with Crippen LogP contribution in [0.3, 0.4) is 0 Å². The minimum absolute atomic E-state index is 0.178. The van der Waals surface area contributed by atoms with Crippen molar-refractivity contribution >= 4 is 46.5 Å². The molecule has 0 saturated carbocycles. The Morgan fingerprint density at radius 1 is 1.32 bits per heavy atom. The van der Waals surface area contributed by atoms with Crippen LogP contribution >= 0.6 is 34.5 Å². The second-order valence-corrected chi connectivity index (χ2v) is 7.04. The molecule has 2 heterocycles. The van der Waals surface area contributed by atoms with Gasteiger partial charge in [0.25, 0.3) is 0 Å². The molecule has 1 aromatic carbocycles. The lowest BCUT2D eigenvalue weighted by Crippen LogP contribution is -2.23. The van der Waals surface area contributed by atoms with Crippen LogP contribution in [0.2, 0.25) is 10.0 Å². The van der Waals surface area contributed by atoms with Crippen LogP contribution in [0.15, 0.2) is 48.1 Å². The Labute approximate surface area is 159 Å². The molecule has 0 aliphatic rings. The van der Waals surface area contributed by atoms with E-state index in [2.05, 4.69) is 15.3 Å². The number of amides is 1. The molecule has 0 spiro atoms. The second-order valence-electron chi connectivity index (χ2n) is 5.25. The summed E-state index contributed by atoms with van der Waals surface area (Å²) in [6.07, 6.45) is 5.48. The van der Waals surface area contributed by atoms with E-state index in [1.165, 1.54) is 6.08 Å². The van der Waals surface area contributed by atoms with E-state index in [1.807, 2.05) is 17.5 Å². The van der Waals surface area contributed by atoms with Crippen molar-refractivity contribution in [2.24, 2.45) is 0 Å². The number of nitrogens with zero attached hydrogens (tertiary/aromatic N) is 1. The molecule has 0 aliphatic carbocycles. The predicted molar refractivity (Wildman–Crippen MR) is 104 cm³/mol. The first-order valence-corrected chi connectivity index (χ1v) is 9.24. The molecule has 25 heavy (non-hydrogen) atoms. The maximum atomic E-state index is 11.9. The van der Waals surface area contributed by atoms with Gasteiger partial charge in [-0.3, -0.25) is 4.79 Å². The summed E-state index contributed by atoms with van der Waals surface area (Å²) in [6, 6.07) is 9.17. The Kier molecular flexibility index (Phi) is 5.91. The number of aromatic amines is 1. The normalized spacial score (nSPS) is 11.1. The molecule has 0 fully saturated rings. The zero-order valence-corrected chi connectivity index (χ0v) is 15.5. The standard InChI is InChI=1S/C18H15Cl2N3OS/c19-13-5-3-12(14(20)10-13)4-6-17(24)21-8-7-15-18(23-11-22-15)16-2-1-9-25-16/h1-6,9-11H,7-8H2,(H,21,24)(H,22,23)/b6-4+. The van der Waals surface area contributed by atoms with Gasteiger partial charge in [-0.05, 0) is 35.2 Å². The van der Waals surface area contributed by atoms with Gasteiger partial charge in [0.15, 0.2) is 0 Å². The van der Waals surface area contributed by atoms with Crippen LogP contribution < -0.4 is 5.32 Å². The molecule has 2 aromatic heterocycles. The van der Waals surface area contributed by atoms with Crippen LogP contribution in [0.5, 0.6) is 0 Å². The van der Waals surface area contributed by atoms with Gasteiger partial charge in [0.2, 0.25) is 5.91 Å². The van der Waals surface area contributed by atoms with Crippen molar-refractivity contribution in [2.45, 2.75) is 6.42 Å². The fourth-order valence-corrected chi connectivity index (χ4v) is 3.53. The van der Waals surface area contributed by atoms with Crippen molar-refractivity contribution in [3.8, 4) is 10.6 Å². The third-order valence-electron chi connectivity index (χ3n) is 3.52. The van der Waals surface area contributed by atoms with Gasteiger partial charge >= 0.3 is 0 Å². The van der Waals surface area contributed by atoms with E-state index in [-0.39, 0.29) is 5.91 Å². The summed E-state index contributed by atoms with van der Waals surface area (Å²) in [5.41, 5.74) is 2.69. The number of hydrogen-bond donors (Lipinski definition) is 2. The molecule has 0 aliphatic heterocycles. The monoisotopic (exact) mass is 391 g/mol. The topological polar surface area (TPSA) is 57.8 Å². The number of benzene rings is 1. The van der Waals surface area contributed by atoms with E-state index in [9.17, 15) is 4.79 Å². The average molecular weight is 392 g/mol. The number of imidazole rings is 1.